The molecule has 1 unspecified atom stereocenters. The molecule has 0 saturated carbocycles. The molecule has 1 heterocycles. The van der Waals surface area contributed by atoms with Gasteiger partial charge in [0.05, 0.1) is 31.1 Å². The number of carbonyl (C=O) groups excluding carboxylic acids is 3. The molecule has 1 atom stereocenters. The molecule has 0 aliphatic rings. The summed E-state index contributed by atoms with van der Waals surface area (Å²) < 4.78 is 17.5. The van der Waals surface area contributed by atoms with Crippen molar-refractivity contribution in [3.63, 3.8) is 0 Å². The number of hydrogen-bond donors (Lipinski definition) is 1. The zero-order valence-electron chi connectivity index (χ0n) is 21.7. The third kappa shape index (κ3) is 7.10. The number of nitrogens with one attached hydrogen (secondary N) is 1. The fourth-order valence-corrected chi connectivity index (χ4v) is 4.57. The number of ether oxygens (including phenoxy) is 3. The van der Waals surface area contributed by atoms with Crippen LogP contribution in [0, 0.1) is 13.8 Å². The van der Waals surface area contributed by atoms with Gasteiger partial charge in [0.1, 0.15) is 5.75 Å². The molecule has 0 bridgehead atoms. The predicted molar refractivity (Wildman–Crippen MR) is 139 cm³/mol. The summed E-state index contributed by atoms with van der Waals surface area (Å²) >= 11 is 1.22. The molecule has 3 rings (SSSR count). The Bertz CT molecular complexity index is 1250. The Hall–Kier alpha value is -3.86. The lowest BCUT2D eigenvalue weighted by atomic mass is 10.1. The standard InChI is InChI=1S/C26H30N4O6S/c1-7-30-23(17(4)36-21-9-15(2)8-16(3)10-21)28-29-26(30)37-14-22(31)27-20-12-18(24(32)34-5)11-19(13-20)25(33)35-6/h8-13,17H,7,14H2,1-6H3,(H,27,31). The molecule has 0 aliphatic carbocycles. The molecule has 2 aromatic carbocycles. The van der Waals surface area contributed by atoms with Crippen LogP contribution in [0.4, 0.5) is 5.69 Å². The summed E-state index contributed by atoms with van der Waals surface area (Å²) in [6.45, 7) is 8.49. The van der Waals surface area contributed by atoms with Gasteiger partial charge >= 0.3 is 11.9 Å². The number of aromatic nitrogens is 3. The Kier molecular flexibility index (Phi) is 9.29. The number of esters is 2. The van der Waals surface area contributed by atoms with E-state index in [9.17, 15) is 14.4 Å². The van der Waals surface area contributed by atoms with E-state index in [4.69, 9.17) is 14.2 Å². The molecular weight excluding hydrogens is 496 g/mol. The van der Waals surface area contributed by atoms with Gasteiger partial charge in [0.2, 0.25) is 5.91 Å². The number of nitrogens with zero attached hydrogens (tertiary/aromatic N) is 3. The van der Waals surface area contributed by atoms with Crippen molar-refractivity contribution in [1.29, 1.82) is 0 Å². The second-order valence-electron chi connectivity index (χ2n) is 8.29. The van der Waals surface area contributed by atoms with Crippen molar-refractivity contribution in [2.45, 2.75) is 45.5 Å². The highest BCUT2D eigenvalue weighted by Gasteiger charge is 2.20. The molecule has 1 N–H and O–H groups in total. The van der Waals surface area contributed by atoms with E-state index < -0.39 is 11.9 Å². The van der Waals surface area contributed by atoms with Gasteiger partial charge in [-0.2, -0.15) is 0 Å². The Morgan fingerprint density at radius 2 is 1.54 bits per heavy atom. The molecule has 1 amide bonds. The maximum absolute atomic E-state index is 12.7. The predicted octanol–water partition coefficient (Wildman–Crippen LogP) is 4.36. The van der Waals surface area contributed by atoms with Gasteiger partial charge in [0.15, 0.2) is 17.1 Å². The molecule has 37 heavy (non-hydrogen) atoms. The summed E-state index contributed by atoms with van der Waals surface area (Å²) in [5, 5.41) is 11.8. The summed E-state index contributed by atoms with van der Waals surface area (Å²) in [5.41, 5.74) is 2.71. The minimum Gasteiger partial charge on any atom is -0.483 e. The first-order chi connectivity index (χ1) is 17.6. The summed E-state index contributed by atoms with van der Waals surface area (Å²) in [7, 11) is 2.46. The van der Waals surface area contributed by atoms with Crippen molar-refractivity contribution in [3.05, 3.63) is 64.5 Å². The molecule has 3 aromatic rings. The molecule has 0 saturated heterocycles. The van der Waals surface area contributed by atoms with E-state index in [0.29, 0.717) is 17.5 Å². The van der Waals surface area contributed by atoms with Crippen molar-refractivity contribution >= 4 is 35.3 Å². The number of carbonyl (C=O) groups is 3. The van der Waals surface area contributed by atoms with Crippen LogP contribution in [0.2, 0.25) is 0 Å². The van der Waals surface area contributed by atoms with Crippen molar-refractivity contribution in [2.24, 2.45) is 0 Å². The normalized spacial score (nSPS) is 11.5. The van der Waals surface area contributed by atoms with E-state index in [0.717, 1.165) is 16.9 Å². The molecule has 1 aromatic heterocycles. The lowest BCUT2D eigenvalue weighted by Gasteiger charge is -2.16. The fraction of sp³-hybridized carbons (Fsp3) is 0.346. The van der Waals surface area contributed by atoms with Crippen LogP contribution < -0.4 is 10.1 Å². The maximum atomic E-state index is 12.7. The molecule has 196 valence electrons. The number of amides is 1. The highest BCUT2D eigenvalue weighted by molar-refractivity contribution is 7.99. The average Bonchev–Trinajstić information content (AvgIpc) is 3.28. The Morgan fingerprint density at radius 1 is 0.946 bits per heavy atom. The summed E-state index contributed by atoms with van der Waals surface area (Å²) in [4.78, 5) is 36.7. The summed E-state index contributed by atoms with van der Waals surface area (Å²) in [6, 6.07) is 10.2. The number of hydrogen-bond acceptors (Lipinski definition) is 9. The van der Waals surface area contributed by atoms with E-state index >= 15 is 0 Å². The van der Waals surface area contributed by atoms with E-state index in [1.54, 1.807) is 0 Å². The number of methoxy groups -OCH3 is 2. The second kappa shape index (κ2) is 12.4. The van der Waals surface area contributed by atoms with Crippen LogP contribution in [0.3, 0.4) is 0 Å². The Balaban J connectivity index is 1.70. The first-order valence-electron chi connectivity index (χ1n) is 11.6. The van der Waals surface area contributed by atoms with E-state index in [2.05, 4.69) is 21.6 Å². The monoisotopic (exact) mass is 526 g/mol. The van der Waals surface area contributed by atoms with E-state index in [1.807, 2.05) is 44.4 Å². The van der Waals surface area contributed by atoms with Gasteiger partial charge in [-0.3, -0.25) is 4.79 Å². The van der Waals surface area contributed by atoms with Crippen LogP contribution in [0.5, 0.6) is 5.75 Å². The third-order valence-electron chi connectivity index (χ3n) is 5.32. The van der Waals surface area contributed by atoms with Gasteiger partial charge < -0.3 is 24.1 Å². The quantitative estimate of drug-likeness (QED) is 0.303. The van der Waals surface area contributed by atoms with Crippen molar-refractivity contribution < 1.29 is 28.6 Å². The highest BCUT2D eigenvalue weighted by atomic mass is 32.2. The van der Waals surface area contributed by atoms with Gasteiger partial charge in [0, 0.05) is 12.2 Å². The van der Waals surface area contributed by atoms with Crippen LogP contribution >= 0.6 is 11.8 Å². The Labute approximate surface area is 219 Å². The van der Waals surface area contributed by atoms with Gasteiger partial charge in [-0.1, -0.05) is 17.8 Å². The number of benzene rings is 2. The molecule has 11 heteroatoms. The molecule has 0 spiro atoms. The zero-order valence-corrected chi connectivity index (χ0v) is 22.5. The minimum atomic E-state index is -0.642. The van der Waals surface area contributed by atoms with Crippen LogP contribution in [-0.4, -0.2) is 52.6 Å². The lowest BCUT2D eigenvalue weighted by Crippen LogP contribution is -2.17. The van der Waals surface area contributed by atoms with Crippen LogP contribution in [0.1, 0.15) is 57.6 Å². The van der Waals surface area contributed by atoms with Crippen molar-refractivity contribution in [2.75, 3.05) is 25.3 Å². The van der Waals surface area contributed by atoms with Crippen LogP contribution in [0.15, 0.2) is 41.6 Å². The third-order valence-corrected chi connectivity index (χ3v) is 6.29. The van der Waals surface area contributed by atoms with Crippen molar-refractivity contribution in [3.8, 4) is 5.75 Å². The second-order valence-corrected chi connectivity index (χ2v) is 9.23. The molecule has 0 radical (unpaired) electrons. The number of thioether (sulfide) groups is 1. The maximum Gasteiger partial charge on any atom is 0.337 e. The Morgan fingerprint density at radius 3 is 2.08 bits per heavy atom. The topological polar surface area (TPSA) is 122 Å². The SMILES string of the molecule is CCn1c(SCC(=O)Nc2cc(C(=O)OC)cc(C(=O)OC)c2)nnc1C(C)Oc1cc(C)cc(C)c1. The average molecular weight is 527 g/mol. The first kappa shape index (κ1) is 27.7. The molecule has 0 fully saturated rings. The van der Waals surface area contributed by atoms with E-state index in [-0.39, 0.29) is 34.6 Å². The van der Waals surface area contributed by atoms with Gasteiger partial charge in [-0.05, 0) is 69.2 Å². The molecular formula is C26H30N4O6S. The smallest absolute Gasteiger partial charge is 0.337 e. The molecule has 0 aliphatic heterocycles. The number of anilines is 1. The van der Waals surface area contributed by atoms with Gasteiger partial charge in [-0.15, -0.1) is 10.2 Å². The van der Waals surface area contributed by atoms with Gasteiger partial charge in [0.25, 0.3) is 0 Å². The summed E-state index contributed by atoms with van der Waals surface area (Å²) in [6.07, 6.45) is -0.352. The summed E-state index contributed by atoms with van der Waals surface area (Å²) in [5.74, 6) is -0.203. The number of aryl methyl sites for hydroxylation is 2. The lowest BCUT2D eigenvalue weighted by molar-refractivity contribution is -0.113. The van der Waals surface area contributed by atoms with Crippen LogP contribution in [-0.2, 0) is 20.8 Å². The van der Waals surface area contributed by atoms with E-state index in [1.165, 1.54) is 44.2 Å². The molecule has 10 nitrogen and oxygen atoms in total. The fourth-order valence-electron chi connectivity index (χ4n) is 3.76. The first-order valence-corrected chi connectivity index (χ1v) is 12.6. The number of rotatable bonds is 10. The highest BCUT2D eigenvalue weighted by Crippen LogP contribution is 2.26. The largest absolute Gasteiger partial charge is 0.483 e. The zero-order chi connectivity index (χ0) is 27.1. The minimum absolute atomic E-state index is 0.0282. The van der Waals surface area contributed by atoms with Crippen molar-refractivity contribution in [1.82, 2.24) is 14.8 Å². The van der Waals surface area contributed by atoms with Crippen LogP contribution in [0.25, 0.3) is 0 Å². The van der Waals surface area contributed by atoms with Gasteiger partial charge in [-0.25, -0.2) is 9.59 Å².